The molecule has 0 aliphatic heterocycles. The summed E-state index contributed by atoms with van der Waals surface area (Å²) in [5.74, 6) is 0.293. The number of carbonyl (C=O) groups is 2. The second-order valence-corrected chi connectivity index (χ2v) is 11.3. The molecule has 2 bridgehead atoms. The molecule has 3 aliphatic rings. The molecule has 8 nitrogen and oxygen atoms in total. The first-order chi connectivity index (χ1) is 18.1. The van der Waals surface area contributed by atoms with E-state index in [4.69, 9.17) is 18.9 Å². The monoisotopic (exact) mass is 524 g/mol. The van der Waals surface area contributed by atoms with Gasteiger partial charge in [0.2, 0.25) is 0 Å². The van der Waals surface area contributed by atoms with Crippen molar-refractivity contribution in [3.63, 3.8) is 0 Å². The van der Waals surface area contributed by atoms with Gasteiger partial charge in [-0.1, -0.05) is 6.07 Å². The molecule has 1 spiro atoms. The van der Waals surface area contributed by atoms with Crippen LogP contribution in [-0.2, 0) is 37.3 Å². The molecule has 0 saturated heterocycles. The Hall–Kier alpha value is -3.42. The van der Waals surface area contributed by atoms with Crippen LogP contribution in [0.4, 0.5) is 0 Å². The van der Waals surface area contributed by atoms with Crippen molar-refractivity contribution in [2.45, 2.75) is 76.4 Å². The highest BCUT2D eigenvalue weighted by Crippen LogP contribution is 2.63. The lowest BCUT2D eigenvalue weighted by molar-refractivity contribution is -0.161. The number of hydrogen-bond acceptors (Lipinski definition) is 8. The minimum atomic E-state index is -0.441. The lowest BCUT2D eigenvalue weighted by Gasteiger charge is -2.49. The molecule has 2 aromatic carbocycles. The Morgan fingerprint density at radius 1 is 0.895 bits per heavy atom. The third-order valence-electron chi connectivity index (χ3n) is 9.07. The summed E-state index contributed by atoms with van der Waals surface area (Å²) < 4.78 is 22.7. The van der Waals surface area contributed by atoms with Crippen LogP contribution in [0.1, 0.15) is 62.6 Å². The van der Waals surface area contributed by atoms with Crippen molar-refractivity contribution < 1.29 is 38.7 Å². The molecule has 8 heteroatoms. The molecule has 0 radical (unpaired) electrons. The molecule has 5 atom stereocenters. The second kappa shape index (κ2) is 9.71. The molecular weight excluding hydrogens is 488 g/mol. The summed E-state index contributed by atoms with van der Waals surface area (Å²) in [4.78, 5) is 24.4. The summed E-state index contributed by atoms with van der Waals surface area (Å²) >= 11 is 0. The average molecular weight is 525 g/mol. The second-order valence-electron chi connectivity index (χ2n) is 11.3. The fraction of sp³-hybridized carbons (Fsp3) is 0.533. The number of methoxy groups -OCH3 is 2. The van der Waals surface area contributed by atoms with E-state index >= 15 is 0 Å². The summed E-state index contributed by atoms with van der Waals surface area (Å²) in [5, 5.41) is 20.8. The van der Waals surface area contributed by atoms with E-state index in [1.807, 2.05) is 24.3 Å². The Labute approximate surface area is 222 Å². The van der Waals surface area contributed by atoms with Gasteiger partial charge in [-0.15, -0.1) is 0 Å². The largest absolute Gasteiger partial charge is 0.504 e. The Balaban J connectivity index is 1.65. The number of ether oxygens (including phenoxy) is 4. The predicted octanol–water partition coefficient (Wildman–Crippen LogP) is 4.60. The van der Waals surface area contributed by atoms with E-state index in [0.717, 1.165) is 42.4 Å². The fourth-order valence-electron chi connectivity index (χ4n) is 7.62. The van der Waals surface area contributed by atoms with Gasteiger partial charge in [0.25, 0.3) is 0 Å². The maximum Gasteiger partial charge on any atom is 0.302 e. The van der Waals surface area contributed by atoms with Crippen molar-refractivity contribution in [3.8, 4) is 23.0 Å². The summed E-state index contributed by atoms with van der Waals surface area (Å²) in [7, 11) is 3.06. The topological polar surface area (TPSA) is 112 Å². The molecule has 0 aromatic heterocycles. The number of hydrogen-bond donors (Lipinski definition) is 2. The highest BCUT2D eigenvalue weighted by molar-refractivity contribution is 5.67. The predicted molar refractivity (Wildman–Crippen MR) is 139 cm³/mol. The highest BCUT2D eigenvalue weighted by Gasteiger charge is 2.59. The van der Waals surface area contributed by atoms with E-state index < -0.39 is 12.2 Å². The first-order valence-corrected chi connectivity index (χ1v) is 13.2. The Morgan fingerprint density at radius 3 is 2.29 bits per heavy atom. The van der Waals surface area contributed by atoms with Crippen LogP contribution in [0.25, 0.3) is 0 Å². The van der Waals surface area contributed by atoms with E-state index in [-0.39, 0.29) is 40.2 Å². The molecule has 0 amide bonds. The van der Waals surface area contributed by atoms with Gasteiger partial charge in [-0.2, -0.15) is 0 Å². The van der Waals surface area contributed by atoms with Crippen LogP contribution in [0.5, 0.6) is 23.0 Å². The molecule has 2 aromatic rings. The molecule has 204 valence electrons. The number of phenolic OH excluding ortho intramolecular Hbond substituents is 2. The number of esters is 2. The smallest absolute Gasteiger partial charge is 0.302 e. The molecule has 2 saturated carbocycles. The van der Waals surface area contributed by atoms with E-state index in [2.05, 4.69) is 0 Å². The number of phenols is 2. The maximum atomic E-state index is 12.3. The van der Waals surface area contributed by atoms with Crippen molar-refractivity contribution in [2.24, 2.45) is 11.3 Å². The van der Waals surface area contributed by atoms with Crippen LogP contribution in [-0.4, -0.2) is 48.6 Å². The van der Waals surface area contributed by atoms with Crippen molar-refractivity contribution in [1.82, 2.24) is 0 Å². The van der Waals surface area contributed by atoms with Crippen LogP contribution in [0.2, 0.25) is 0 Å². The summed E-state index contributed by atoms with van der Waals surface area (Å²) in [5.41, 5.74) is 2.67. The number of carbonyl (C=O) groups excluding carboxylic acids is 2. The standard InChI is InChI=1S/C30H36O8/c1-17(31)37-22-13-26(38-18(2)32)23-9-19-11-27(35-3)25(34)10-20(19)14-30(23)8-7-29(15-22,16-30)21-5-6-24(33)28(12-21)36-4/h5-6,10-12,22-23,26,33-34H,7-9,13-16H2,1-4H3/t22-,23-,26-,29-,30-/m1/s1. The molecule has 38 heavy (non-hydrogen) atoms. The number of benzene rings is 2. The van der Waals surface area contributed by atoms with Crippen LogP contribution in [0.15, 0.2) is 30.3 Å². The Morgan fingerprint density at radius 2 is 1.61 bits per heavy atom. The number of fused-ring (bicyclic) bond motifs is 2. The normalized spacial score (nSPS) is 29.7. The summed E-state index contributed by atoms with van der Waals surface area (Å²) in [6.07, 6.45) is 4.04. The molecule has 0 heterocycles. The zero-order chi connectivity index (χ0) is 27.2. The lowest BCUT2D eigenvalue weighted by atomic mass is 9.57. The molecule has 2 fully saturated rings. The first-order valence-electron chi connectivity index (χ1n) is 13.2. The van der Waals surface area contributed by atoms with Gasteiger partial charge in [0.05, 0.1) is 14.2 Å². The van der Waals surface area contributed by atoms with Gasteiger partial charge in [-0.3, -0.25) is 9.59 Å². The first kappa shape index (κ1) is 26.2. The summed E-state index contributed by atoms with van der Waals surface area (Å²) in [6.45, 7) is 2.83. The molecular formula is C30H36O8. The van der Waals surface area contributed by atoms with E-state index in [9.17, 15) is 19.8 Å². The molecule has 2 N–H and O–H groups in total. The Bertz CT molecular complexity index is 1260. The number of aromatic hydroxyl groups is 2. The quantitative estimate of drug-likeness (QED) is 0.546. The minimum Gasteiger partial charge on any atom is -0.504 e. The van der Waals surface area contributed by atoms with Gasteiger partial charge >= 0.3 is 11.9 Å². The third kappa shape index (κ3) is 4.54. The zero-order valence-corrected chi connectivity index (χ0v) is 22.4. The fourth-order valence-corrected chi connectivity index (χ4v) is 7.62. The minimum absolute atomic E-state index is 0.00704. The SMILES string of the molecule is COc1cc([C@]23CC[C@@]4(Cc5cc(O)c(OC)cc5C[C@@H]4[C@H](OC(C)=O)C[C@@H](OC(C)=O)C2)C3)ccc1O. The van der Waals surface area contributed by atoms with E-state index in [0.29, 0.717) is 30.8 Å². The Kier molecular flexibility index (Phi) is 6.70. The van der Waals surface area contributed by atoms with Crippen LogP contribution in [0.3, 0.4) is 0 Å². The lowest BCUT2D eigenvalue weighted by Crippen LogP contribution is -2.49. The van der Waals surface area contributed by atoms with Gasteiger partial charge in [0, 0.05) is 26.2 Å². The number of rotatable bonds is 5. The van der Waals surface area contributed by atoms with Crippen LogP contribution >= 0.6 is 0 Å². The van der Waals surface area contributed by atoms with Gasteiger partial charge in [0.15, 0.2) is 23.0 Å². The van der Waals surface area contributed by atoms with Gasteiger partial charge in [-0.05, 0) is 90.3 Å². The molecule has 5 rings (SSSR count). The van der Waals surface area contributed by atoms with Crippen LogP contribution < -0.4 is 9.47 Å². The van der Waals surface area contributed by atoms with Crippen molar-refractivity contribution in [2.75, 3.05) is 14.2 Å². The van der Waals surface area contributed by atoms with Gasteiger partial charge in [-0.25, -0.2) is 0 Å². The summed E-state index contributed by atoms with van der Waals surface area (Å²) in [6, 6.07) is 9.19. The van der Waals surface area contributed by atoms with Gasteiger partial charge in [0.1, 0.15) is 12.2 Å². The van der Waals surface area contributed by atoms with Crippen molar-refractivity contribution in [1.29, 1.82) is 0 Å². The average Bonchev–Trinajstić information content (AvgIpc) is 3.22. The highest BCUT2D eigenvalue weighted by atomic mass is 16.6. The molecule has 0 unspecified atom stereocenters. The maximum absolute atomic E-state index is 12.3. The molecule has 3 aliphatic carbocycles. The van der Waals surface area contributed by atoms with Crippen LogP contribution in [0, 0.1) is 11.3 Å². The van der Waals surface area contributed by atoms with Crippen molar-refractivity contribution in [3.05, 3.63) is 47.0 Å². The van der Waals surface area contributed by atoms with E-state index in [1.54, 1.807) is 6.07 Å². The zero-order valence-electron chi connectivity index (χ0n) is 22.4. The van der Waals surface area contributed by atoms with Gasteiger partial charge < -0.3 is 29.2 Å². The van der Waals surface area contributed by atoms with E-state index in [1.165, 1.54) is 28.1 Å². The third-order valence-corrected chi connectivity index (χ3v) is 9.07. The van der Waals surface area contributed by atoms with Crippen molar-refractivity contribution >= 4 is 11.9 Å².